The molecule has 3 nitrogen and oxygen atoms in total. The van der Waals surface area contributed by atoms with Crippen LogP contribution in [0.15, 0.2) is 24.3 Å². The molecule has 7 heteroatoms. The number of carbonyl (C=O) groups is 1. The number of halogens is 4. The summed E-state index contributed by atoms with van der Waals surface area (Å²) in [5, 5.41) is 3.29. The van der Waals surface area contributed by atoms with Crippen LogP contribution in [0.25, 0.3) is 0 Å². The summed E-state index contributed by atoms with van der Waals surface area (Å²) in [7, 11) is 0. The lowest BCUT2D eigenvalue weighted by molar-refractivity contribution is 0.0819. The van der Waals surface area contributed by atoms with Crippen LogP contribution >= 0.6 is 46.4 Å². The molecule has 1 fully saturated rings. The summed E-state index contributed by atoms with van der Waals surface area (Å²) in [5.41, 5.74) is 0.443. The fraction of sp³-hybridized carbons (Fsp3) is 0.500. The summed E-state index contributed by atoms with van der Waals surface area (Å²) in [6.45, 7) is 1.60. The van der Waals surface area contributed by atoms with E-state index in [1.165, 1.54) is 0 Å². The van der Waals surface area contributed by atoms with Crippen LogP contribution in [-0.4, -0.2) is 33.9 Å². The highest BCUT2D eigenvalue weighted by molar-refractivity contribution is 6.68. The lowest BCUT2D eigenvalue weighted by Gasteiger charge is -2.38. The van der Waals surface area contributed by atoms with Gasteiger partial charge in [-0.1, -0.05) is 58.9 Å². The van der Waals surface area contributed by atoms with E-state index in [0.717, 1.165) is 32.4 Å². The van der Waals surface area contributed by atoms with Crippen LogP contribution < -0.4 is 5.32 Å². The molecule has 1 aliphatic heterocycles. The Morgan fingerprint density at radius 1 is 1.19 bits per heavy atom. The van der Waals surface area contributed by atoms with Gasteiger partial charge in [0.25, 0.3) is 5.91 Å². The third-order valence-electron chi connectivity index (χ3n) is 3.42. The average molecular weight is 370 g/mol. The van der Waals surface area contributed by atoms with Crippen molar-refractivity contribution in [3.63, 3.8) is 0 Å². The number of amides is 1. The Morgan fingerprint density at radius 3 is 2.43 bits per heavy atom. The second-order valence-electron chi connectivity index (χ2n) is 5.02. The van der Waals surface area contributed by atoms with E-state index in [0.29, 0.717) is 10.6 Å². The first kappa shape index (κ1) is 17.2. The van der Waals surface area contributed by atoms with E-state index in [4.69, 9.17) is 46.4 Å². The number of rotatable bonds is 3. The van der Waals surface area contributed by atoms with Crippen LogP contribution in [0.5, 0.6) is 0 Å². The van der Waals surface area contributed by atoms with E-state index in [9.17, 15) is 4.79 Å². The number of hydrogen-bond acceptors (Lipinski definition) is 2. The molecule has 2 rings (SSSR count). The van der Waals surface area contributed by atoms with Gasteiger partial charge in [-0.15, -0.1) is 0 Å². The fourth-order valence-electron chi connectivity index (χ4n) is 2.39. The number of nitrogens with one attached hydrogen (secondary N) is 1. The molecule has 1 aromatic rings. The Bertz CT molecular complexity index is 498. The number of carbonyl (C=O) groups excluding carboxylic acids is 1. The summed E-state index contributed by atoms with van der Waals surface area (Å²) < 4.78 is -1.59. The zero-order valence-corrected chi connectivity index (χ0v) is 14.3. The van der Waals surface area contributed by atoms with Gasteiger partial charge in [0.2, 0.25) is 3.79 Å². The zero-order chi connectivity index (χ0) is 15.5. The molecule has 1 saturated heterocycles. The Balaban J connectivity index is 2.13. The molecule has 0 saturated carbocycles. The summed E-state index contributed by atoms with van der Waals surface area (Å²) in [6, 6.07) is 6.67. The van der Waals surface area contributed by atoms with E-state index >= 15 is 0 Å². The van der Waals surface area contributed by atoms with Crippen molar-refractivity contribution in [3.8, 4) is 0 Å². The average Bonchev–Trinajstić information content (AvgIpc) is 2.44. The first-order chi connectivity index (χ1) is 9.88. The van der Waals surface area contributed by atoms with Gasteiger partial charge in [0, 0.05) is 23.7 Å². The van der Waals surface area contributed by atoms with Gasteiger partial charge in [-0.3, -0.25) is 9.69 Å². The van der Waals surface area contributed by atoms with Crippen LogP contribution in [0.4, 0.5) is 0 Å². The number of benzene rings is 1. The number of hydrogen-bond donors (Lipinski definition) is 1. The summed E-state index contributed by atoms with van der Waals surface area (Å²) in [5.74, 6) is -0.306. The van der Waals surface area contributed by atoms with Crippen LogP contribution in [0.3, 0.4) is 0 Å². The zero-order valence-electron chi connectivity index (χ0n) is 11.3. The first-order valence-electron chi connectivity index (χ1n) is 6.75. The van der Waals surface area contributed by atoms with Gasteiger partial charge in [0.05, 0.1) is 0 Å². The molecular formula is C14H16Cl4N2O. The van der Waals surface area contributed by atoms with Gasteiger partial charge >= 0.3 is 0 Å². The summed E-state index contributed by atoms with van der Waals surface area (Å²) >= 11 is 24.0. The molecule has 1 N–H and O–H groups in total. The van der Waals surface area contributed by atoms with Crippen LogP contribution in [0.1, 0.15) is 29.6 Å². The van der Waals surface area contributed by atoms with Crippen molar-refractivity contribution in [2.45, 2.75) is 29.2 Å². The number of nitrogens with zero attached hydrogens (tertiary/aromatic N) is 1. The summed E-state index contributed by atoms with van der Waals surface area (Å²) in [4.78, 5) is 14.3. The van der Waals surface area contributed by atoms with E-state index in [1.54, 1.807) is 24.3 Å². The van der Waals surface area contributed by atoms with E-state index < -0.39 is 9.96 Å². The van der Waals surface area contributed by atoms with Gasteiger partial charge in [0.1, 0.15) is 6.17 Å². The minimum absolute atomic E-state index is 0.306. The molecule has 1 aliphatic rings. The highest BCUT2D eigenvalue weighted by Crippen LogP contribution is 2.33. The Labute approximate surface area is 144 Å². The topological polar surface area (TPSA) is 32.3 Å². The van der Waals surface area contributed by atoms with Crippen LogP contribution in [0, 0.1) is 0 Å². The van der Waals surface area contributed by atoms with Gasteiger partial charge < -0.3 is 5.32 Å². The Morgan fingerprint density at radius 2 is 1.86 bits per heavy atom. The van der Waals surface area contributed by atoms with Crippen molar-refractivity contribution in [1.82, 2.24) is 10.2 Å². The molecule has 0 unspecified atom stereocenters. The molecule has 1 aromatic carbocycles. The third-order valence-corrected chi connectivity index (χ3v) is 4.28. The van der Waals surface area contributed by atoms with Crippen molar-refractivity contribution in [2.75, 3.05) is 13.1 Å². The monoisotopic (exact) mass is 368 g/mol. The smallest absolute Gasteiger partial charge is 0.252 e. The van der Waals surface area contributed by atoms with Crippen molar-refractivity contribution in [3.05, 3.63) is 34.9 Å². The Hall–Kier alpha value is -0.190. The lowest BCUT2D eigenvalue weighted by Crippen LogP contribution is -2.56. The van der Waals surface area contributed by atoms with E-state index in [-0.39, 0.29) is 5.91 Å². The minimum atomic E-state index is -1.59. The maximum absolute atomic E-state index is 12.3. The molecule has 1 amide bonds. The number of likely N-dealkylation sites (tertiary alicyclic amines) is 1. The van der Waals surface area contributed by atoms with E-state index in [2.05, 4.69) is 5.32 Å². The van der Waals surface area contributed by atoms with Crippen molar-refractivity contribution >= 4 is 52.3 Å². The third kappa shape index (κ3) is 4.90. The first-order valence-corrected chi connectivity index (χ1v) is 8.26. The molecule has 1 atom stereocenters. The fourth-order valence-corrected chi connectivity index (χ4v) is 3.16. The maximum Gasteiger partial charge on any atom is 0.252 e. The maximum atomic E-state index is 12.3. The van der Waals surface area contributed by atoms with Gasteiger partial charge in [-0.05, 0) is 31.0 Å². The second kappa shape index (κ2) is 7.38. The van der Waals surface area contributed by atoms with Crippen molar-refractivity contribution in [2.24, 2.45) is 0 Å². The largest absolute Gasteiger partial charge is 0.332 e. The minimum Gasteiger partial charge on any atom is -0.332 e. The molecule has 116 valence electrons. The lowest BCUT2D eigenvalue weighted by atomic mass is 10.1. The predicted octanol–water partition coefficient (Wildman–Crippen LogP) is 4.25. The van der Waals surface area contributed by atoms with Crippen LogP contribution in [0.2, 0.25) is 5.02 Å². The van der Waals surface area contributed by atoms with Crippen LogP contribution in [-0.2, 0) is 0 Å². The second-order valence-corrected chi connectivity index (χ2v) is 7.83. The Kier molecular flexibility index (Phi) is 6.04. The van der Waals surface area contributed by atoms with Crippen molar-refractivity contribution < 1.29 is 4.79 Å². The molecule has 0 bridgehead atoms. The van der Waals surface area contributed by atoms with Crippen molar-refractivity contribution in [1.29, 1.82) is 0 Å². The molecule has 1 heterocycles. The SMILES string of the molecule is O=C(N[C@H](N1CCCCC1)C(Cl)(Cl)Cl)c1cccc(Cl)c1. The molecule has 0 aromatic heterocycles. The molecule has 0 aliphatic carbocycles. The summed E-state index contributed by atoms with van der Waals surface area (Å²) in [6.07, 6.45) is 2.56. The normalized spacial score (nSPS) is 18.3. The number of alkyl halides is 3. The molecular weight excluding hydrogens is 354 g/mol. The van der Waals surface area contributed by atoms with E-state index in [1.807, 2.05) is 4.90 Å². The highest BCUT2D eigenvalue weighted by Gasteiger charge is 2.38. The predicted molar refractivity (Wildman–Crippen MR) is 88.4 cm³/mol. The molecule has 0 spiro atoms. The number of piperidine rings is 1. The van der Waals surface area contributed by atoms with Gasteiger partial charge in [0.15, 0.2) is 0 Å². The van der Waals surface area contributed by atoms with Gasteiger partial charge in [-0.25, -0.2) is 0 Å². The molecule has 21 heavy (non-hydrogen) atoms. The highest BCUT2D eigenvalue weighted by atomic mass is 35.6. The molecule has 0 radical (unpaired) electrons. The quantitative estimate of drug-likeness (QED) is 0.807. The van der Waals surface area contributed by atoms with Gasteiger partial charge in [-0.2, -0.15) is 0 Å². The standard InChI is InChI=1S/C14H16Cl4N2O/c15-11-6-4-5-10(9-11)12(21)19-13(14(16,17)18)20-7-2-1-3-8-20/h4-6,9,13H,1-3,7-8H2,(H,19,21)/t13-/m1/s1.